The molecule has 1 aliphatic heterocycles. The summed E-state index contributed by atoms with van der Waals surface area (Å²) in [4.78, 5) is 0. The highest BCUT2D eigenvalue weighted by atomic mass is 16.6. The molecule has 94 valence electrons. The van der Waals surface area contributed by atoms with Gasteiger partial charge in [-0.15, -0.1) is 0 Å². The number of ether oxygens (including phenoxy) is 3. The Bertz CT molecular complexity index is 410. The van der Waals surface area contributed by atoms with E-state index in [-0.39, 0.29) is 5.54 Å². The zero-order valence-electron chi connectivity index (χ0n) is 10.6. The number of hydrogen-bond donors (Lipinski definition) is 1. The summed E-state index contributed by atoms with van der Waals surface area (Å²) < 4.78 is 16.4. The topological polar surface area (TPSA) is 53.7 Å². The number of nitrogens with two attached hydrogens (primary N) is 1. The lowest BCUT2D eigenvalue weighted by Gasteiger charge is -2.24. The Morgan fingerprint density at radius 3 is 2.35 bits per heavy atom. The highest BCUT2D eigenvalue weighted by Gasteiger charge is 2.20. The van der Waals surface area contributed by atoms with Crippen molar-refractivity contribution >= 4 is 0 Å². The van der Waals surface area contributed by atoms with Crippen LogP contribution in [0.5, 0.6) is 17.2 Å². The molecule has 1 heterocycles. The average molecular weight is 237 g/mol. The fourth-order valence-electron chi connectivity index (χ4n) is 1.93. The molecule has 17 heavy (non-hydrogen) atoms. The van der Waals surface area contributed by atoms with Crippen molar-refractivity contribution in [2.75, 3.05) is 20.3 Å². The van der Waals surface area contributed by atoms with Gasteiger partial charge in [0.05, 0.1) is 7.11 Å². The molecule has 0 aliphatic carbocycles. The van der Waals surface area contributed by atoms with Gasteiger partial charge < -0.3 is 19.9 Å². The number of fused-ring (bicyclic) bond motifs is 1. The molecule has 0 spiro atoms. The summed E-state index contributed by atoms with van der Waals surface area (Å²) in [6, 6.07) is 3.83. The average Bonchev–Trinajstić information content (AvgIpc) is 2.26. The van der Waals surface area contributed by atoms with Gasteiger partial charge in [0.15, 0.2) is 11.5 Å². The Kier molecular flexibility index (Phi) is 3.15. The molecule has 0 saturated carbocycles. The van der Waals surface area contributed by atoms with Gasteiger partial charge in [-0.05, 0) is 31.9 Å². The van der Waals surface area contributed by atoms with E-state index in [2.05, 4.69) is 0 Å². The predicted molar refractivity (Wildman–Crippen MR) is 66.0 cm³/mol. The first kappa shape index (κ1) is 12.0. The monoisotopic (exact) mass is 237 g/mol. The molecular formula is C13H19NO3. The highest BCUT2D eigenvalue weighted by molar-refractivity contribution is 5.51. The van der Waals surface area contributed by atoms with Crippen molar-refractivity contribution < 1.29 is 14.2 Å². The van der Waals surface area contributed by atoms with Gasteiger partial charge in [-0.25, -0.2) is 0 Å². The Labute approximate surface area is 102 Å². The van der Waals surface area contributed by atoms with Crippen LogP contribution in [-0.2, 0) is 6.42 Å². The van der Waals surface area contributed by atoms with Crippen LogP contribution in [0, 0.1) is 0 Å². The van der Waals surface area contributed by atoms with E-state index < -0.39 is 0 Å². The van der Waals surface area contributed by atoms with Crippen LogP contribution in [0.25, 0.3) is 0 Å². The lowest BCUT2D eigenvalue weighted by Crippen LogP contribution is -2.34. The van der Waals surface area contributed by atoms with E-state index in [0.717, 1.165) is 29.2 Å². The molecule has 2 N–H and O–H groups in total. The maximum absolute atomic E-state index is 6.04. The first-order chi connectivity index (χ1) is 7.99. The van der Waals surface area contributed by atoms with E-state index in [1.807, 2.05) is 26.0 Å². The summed E-state index contributed by atoms with van der Waals surface area (Å²) in [7, 11) is 1.65. The minimum absolute atomic E-state index is 0.281. The van der Waals surface area contributed by atoms with Gasteiger partial charge in [-0.2, -0.15) is 0 Å². The van der Waals surface area contributed by atoms with Crippen LogP contribution < -0.4 is 19.9 Å². The van der Waals surface area contributed by atoms with Crippen molar-refractivity contribution in [1.82, 2.24) is 0 Å². The Morgan fingerprint density at radius 2 is 1.82 bits per heavy atom. The maximum Gasteiger partial charge on any atom is 0.165 e. The van der Waals surface area contributed by atoms with Crippen molar-refractivity contribution in [3.63, 3.8) is 0 Å². The normalized spacial score (nSPS) is 14.6. The fraction of sp³-hybridized carbons (Fsp3) is 0.538. The molecule has 4 heteroatoms. The van der Waals surface area contributed by atoms with Gasteiger partial charge in [0.2, 0.25) is 0 Å². The van der Waals surface area contributed by atoms with Crippen molar-refractivity contribution in [3.8, 4) is 17.2 Å². The van der Waals surface area contributed by atoms with E-state index in [4.69, 9.17) is 19.9 Å². The minimum Gasteiger partial charge on any atom is -0.496 e. The second-order valence-corrected chi connectivity index (χ2v) is 4.97. The zero-order chi connectivity index (χ0) is 12.5. The van der Waals surface area contributed by atoms with Crippen molar-refractivity contribution in [3.05, 3.63) is 17.7 Å². The molecule has 0 radical (unpaired) electrons. The first-order valence-corrected chi connectivity index (χ1v) is 5.75. The van der Waals surface area contributed by atoms with Crippen LogP contribution in [0.4, 0.5) is 0 Å². The molecule has 0 fully saturated rings. The van der Waals surface area contributed by atoms with Gasteiger partial charge in [0.25, 0.3) is 0 Å². The van der Waals surface area contributed by atoms with Gasteiger partial charge in [0.1, 0.15) is 19.0 Å². The summed E-state index contributed by atoms with van der Waals surface area (Å²) in [5, 5.41) is 0. The number of hydrogen-bond acceptors (Lipinski definition) is 4. The lowest BCUT2D eigenvalue weighted by atomic mass is 9.95. The molecule has 1 aromatic carbocycles. The third kappa shape index (κ3) is 2.82. The second-order valence-electron chi connectivity index (χ2n) is 4.97. The molecule has 0 aromatic heterocycles. The molecule has 0 amide bonds. The van der Waals surface area contributed by atoms with Gasteiger partial charge in [-0.3, -0.25) is 0 Å². The predicted octanol–water partition coefficient (Wildman–Crippen LogP) is 1.75. The molecule has 2 rings (SSSR count). The van der Waals surface area contributed by atoms with Crippen LogP contribution in [0.3, 0.4) is 0 Å². The minimum atomic E-state index is -0.281. The summed E-state index contributed by atoms with van der Waals surface area (Å²) >= 11 is 0. The smallest absolute Gasteiger partial charge is 0.165 e. The number of rotatable bonds is 3. The van der Waals surface area contributed by atoms with Crippen molar-refractivity contribution in [2.45, 2.75) is 25.8 Å². The van der Waals surface area contributed by atoms with E-state index in [1.165, 1.54) is 0 Å². The third-order valence-electron chi connectivity index (χ3n) is 2.59. The Balaban J connectivity index is 2.36. The van der Waals surface area contributed by atoms with Gasteiger partial charge in [0, 0.05) is 11.6 Å². The number of methoxy groups -OCH3 is 1. The molecule has 1 aliphatic rings. The van der Waals surface area contributed by atoms with Gasteiger partial charge >= 0.3 is 0 Å². The van der Waals surface area contributed by atoms with Crippen molar-refractivity contribution in [2.24, 2.45) is 5.73 Å². The van der Waals surface area contributed by atoms with E-state index in [1.54, 1.807) is 7.11 Å². The molecule has 0 atom stereocenters. The summed E-state index contributed by atoms with van der Waals surface area (Å²) in [6.45, 7) is 5.15. The molecule has 0 saturated heterocycles. The summed E-state index contributed by atoms with van der Waals surface area (Å²) in [6.07, 6.45) is 0.729. The quantitative estimate of drug-likeness (QED) is 0.870. The van der Waals surface area contributed by atoms with Crippen LogP contribution in [0.1, 0.15) is 19.4 Å². The summed E-state index contributed by atoms with van der Waals surface area (Å²) in [5.74, 6) is 2.32. The molecular weight excluding hydrogens is 218 g/mol. The van der Waals surface area contributed by atoms with E-state index in [9.17, 15) is 0 Å². The standard InChI is InChI=1S/C13H19NO3/c1-13(2,14)8-9-6-11-12(7-10(9)15-3)17-5-4-16-11/h6-7H,4-5,8,14H2,1-3H3. The third-order valence-corrected chi connectivity index (χ3v) is 2.59. The Hall–Kier alpha value is -1.42. The van der Waals surface area contributed by atoms with Gasteiger partial charge in [-0.1, -0.05) is 0 Å². The Morgan fingerprint density at radius 1 is 1.24 bits per heavy atom. The van der Waals surface area contributed by atoms with E-state index in [0.29, 0.717) is 13.2 Å². The van der Waals surface area contributed by atoms with Crippen LogP contribution in [-0.4, -0.2) is 25.9 Å². The molecule has 4 nitrogen and oxygen atoms in total. The van der Waals surface area contributed by atoms with Crippen LogP contribution >= 0.6 is 0 Å². The highest BCUT2D eigenvalue weighted by Crippen LogP contribution is 2.37. The molecule has 0 bridgehead atoms. The number of benzene rings is 1. The lowest BCUT2D eigenvalue weighted by molar-refractivity contribution is 0.170. The second kappa shape index (κ2) is 4.45. The summed E-state index contributed by atoms with van der Waals surface area (Å²) in [5.41, 5.74) is 6.80. The fourth-order valence-corrected chi connectivity index (χ4v) is 1.93. The maximum atomic E-state index is 6.04. The molecule has 0 unspecified atom stereocenters. The van der Waals surface area contributed by atoms with Crippen LogP contribution in [0.2, 0.25) is 0 Å². The largest absolute Gasteiger partial charge is 0.496 e. The van der Waals surface area contributed by atoms with Crippen LogP contribution in [0.15, 0.2) is 12.1 Å². The first-order valence-electron chi connectivity index (χ1n) is 5.75. The van der Waals surface area contributed by atoms with E-state index >= 15 is 0 Å². The zero-order valence-corrected chi connectivity index (χ0v) is 10.6. The SMILES string of the molecule is COc1cc2c(cc1CC(C)(C)N)OCCO2. The molecule has 1 aromatic rings. The van der Waals surface area contributed by atoms with Crippen molar-refractivity contribution in [1.29, 1.82) is 0 Å².